The van der Waals surface area contributed by atoms with Gasteiger partial charge < -0.3 is 15.8 Å². The number of carbonyl (C=O) groups excluding carboxylic acids is 1. The molecule has 0 bridgehead atoms. The first kappa shape index (κ1) is 10.3. The van der Waals surface area contributed by atoms with Crippen molar-refractivity contribution in [2.24, 2.45) is 5.73 Å². The Morgan fingerprint density at radius 2 is 2.08 bits per heavy atom. The van der Waals surface area contributed by atoms with Crippen molar-refractivity contribution in [1.82, 2.24) is 5.32 Å². The second kappa shape index (κ2) is 5.07. The third kappa shape index (κ3) is 3.63. The zero-order valence-electron chi connectivity index (χ0n) is 8.08. The maximum Gasteiger partial charge on any atom is 0.312 e. The number of carbonyl (C=O) groups is 1. The molecule has 1 aliphatic rings. The highest BCUT2D eigenvalue weighted by Gasteiger charge is 2.21. The topological polar surface area (TPSA) is 64.3 Å². The van der Waals surface area contributed by atoms with Gasteiger partial charge in [-0.25, -0.2) is 4.79 Å². The minimum atomic E-state index is -0.417. The van der Waals surface area contributed by atoms with Crippen molar-refractivity contribution in [3.8, 4) is 0 Å². The van der Waals surface area contributed by atoms with Crippen LogP contribution in [-0.2, 0) is 4.74 Å². The average molecular weight is 186 g/mol. The van der Waals surface area contributed by atoms with Crippen LogP contribution in [0.25, 0.3) is 0 Å². The molecule has 0 spiro atoms. The highest BCUT2D eigenvalue weighted by atomic mass is 16.5. The Morgan fingerprint density at radius 3 is 2.54 bits per heavy atom. The molecule has 0 saturated heterocycles. The van der Waals surface area contributed by atoms with Crippen LogP contribution in [0.2, 0.25) is 0 Å². The number of nitrogens with two attached hydrogens (primary N) is 1. The highest BCUT2D eigenvalue weighted by molar-refractivity contribution is 5.71. The molecule has 0 atom stereocenters. The SMILES string of the molecule is CCOC1CCC(NC(N)=O)CC1. The third-order valence-electron chi connectivity index (χ3n) is 2.42. The van der Waals surface area contributed by atoms with Crippen LogP contribution in [0.3, 0.4) is 0 Å². The van der Waals surface area contributed by atoms with E-state index in [-0.39, 0.29) is 6.04 Å². The van der Waals surface area contributed by atoms with Crippen molar-refractivity contribution in [2.75, 3.05) is 6.61 Å². The van der Waals surface area contributed by atoms with Gasteiger partial charge in [0.15, 0.2) is 0 Å². The second-order valence-corrected chi connectivity index (χ2v) is 3.44. The summed E-state index contributed by atoms with van der Waals surface area (Å²) in [4.78, 5) is 10.6. The van der Waals surface area contributed by atoms with Crippen molar-refractivity contribution in [2.45, 2.75) is 44.8 Å². The average Bonchev–Trinajstić information content (AvgIpc) is 2.08. The Balaban J connectivity index is 2.18. The first-order valence-electron chi connectivity index (χ1n) is 4.90. The fourth-order valence-electron chi connectivity index (χ4n) is 1.81. The molecule has 0 aliphatic heterocycles. The molecule has 1 aliphatic carbocycles. The van der Waals surface area contributed by atoms with Gasteiger partial charge in [-0.05, 0) is 32.6 Å². The van der Waals surface area contributed by atoms with Crippen LogP contribution in [0.1, 0.15) is 32.6 Å². The summed E-state index contributed by atoms with van der Waals surface area (Å²) in [5.74, 6) is 0. The normalized spacial score (nSPS) is 28.4. The van der Waals surface area contributed by atoms with Crippen LogP contribution in [0, 0.1) is 0 Å². The number of hydrogen-bond donors (Lipinski definition) is 2. The number of hydrogen-bond acceptors (Lipinski definition) is 2. The van der Waals surface area contributed by atoms with Gasteiger partial charge in [-0.3, -0.25) is 0 Å². The molecular weight excluding hydrogens is 168 g/mol. The first-order chi connectivity index (χ1) is 6.22. The van der Waals surface area contributed by atoms with E-state index in [4.69, 9.17) is 10.5 Å². The van der Waals surface area contributed by atoms with Crippen molar-refractivity contribution >= 4 is 6.03 Å². The molecule has 0 heterocycles. The zero-order valence-corrected chi connectivity index (χ0v) is 8.08. The standard InChI is InChI=1S/C9H18N2O2/c1-2-13-8-5-3-7(4-6-8)11-9(10)12/h7-8H,2-6H2,1H3,(H3,10,11,12). The molecule has 0 aromatic heterocycles. The number of primary amides is 1. The molecule has 0 aromatic rings. The molecule has 1 rings (SSSR count). The van der Waals surface area contributed by atoms with Gasteiger partial charge in [-0.15, -0.1) is 0 Å². The second-order valence-electron chi connectivity index (χ2n) is 3.44. The Kier molecular flexibility index (Phi) is 4.02. The minimum Gasteiger partial charge on any atom is -0.379 e. The summed E-state index contributed by atoms with van der Waals surface area (Å²) in [5, 5.41) is 2.73. The first-order valence-corrected chi connectivity index (χ1v) is 4.90. The number of ether oxygens (including phenoxy) is 1. The van der Waals surface area contributed by atoms with Gasteiger partial charge >= 0.3 is 6.03 Å². The van der Waals surface area contributed by atoms with Gasteiger partial charge in [0, 0.05) is 12.6 Å². The summed E-state index contributed by atoms with van der Waals surface area (Å²) in [6, 6.07) is -0.158. The number of amides is 2. The van der Waals surface area contributed by atoms with Gasteiger partial charge in [-0.1, -0.05) is 0 Å². The van der Waals surface area contributed by atoms with E-state index >= 15 is 0 Å². The number of nitrogens with one attached hydrogen (secondary N) is 1. The zero-order chi connectivity index (χ0) is 9.68. The number of rotatable bonds is 3. The molecular formula is C9H18N2O2. The Hall–Kier alpha value is -0.770. The van der Waals surface area contributed by atoms with Gasteiger partial charge in [0.1, 0.15) is 0 Å². The molecule has 76 valence electrons. The molecule has 0 unspecified atom stereocenters. The monoisotopic (exact) mass is 186 g/mol. The van der Waals surface area contributed by atoms with Crippen LogP contribution >= 0.6 is 0 Å². The van der Waals surface area contributed by atoms with E-state index < -0.39 is 6.03 Å². The smallest absolute Gasteiger partial charge is 0.312 e. The Bertz CT molecular complexity index is 165. The summed E-state index contributed by atoms with van der Waals surface area (Å²) in [6.45, 7) is 2.78. The van der Waals surface area contributed by atoms with Crippen LogP contribution in [-0.4, -0.2) is 24.8 Å². The molecule has 2 amide bonds. The van der Waals surface area contributed by atoms with Crippen LogP contribution < -0.4 is 11.1 Å². The summed E-state index contributed by atoms with van der Waals surface area (Å²) in [6.07, 6.45) is 4.40. The molecule has 4 nitrogen and oxygen atoms in total. The lowest BCUT2D eigenvalue weighted by Gasteiger charge is -2.28. The van der Waals surface area contributed by atoms with E-state index in [0.717, 1.165) is 32.3 Å². The van der Waals surface area contributed by atoms with E-state index in [0.29, 0.717) is 6.10 Å². The van der Waals surface area contributed by atoms with Crippen molar-refractivity contribution in [1.29, 1.82) is 0 Å². The van der Waals surface area contributed by atoms with Crippen molar-refractivity contribution < 1.29 is 9.53 Å². The van der Waals surface area contributed by atoms with Gasteiger partial charge in [-0.2, -0.15) is 0 Å². The molecule has 13 heavy (non-hydrogen) atoms. The van der Waals surface area contributed by atoms with Gasteiger partial charge in [0.05, 0.1) is 6.10 Å². The third-order valence-corrected chi connectivity index (χ3v) is 2.42. The minimum absolute atomic E-state index is 0.259. The lowest BCUT2D eigenvalue weighted by Crippen LogP contribution is -2.41. The molecule has 4 heteroatoms. The number of urea groups is 1. The predicted molar refractivity (Wildman–Crippen MR) is 50.4 cm³/mol. The van der Waals surface area contributed by atoms with Crippen LogP contribution in [0.4, 0.5) is 4.79 Å². The summed E-state index contributed by atoms with van der Waals surface area (Å²) in [7, 11) is 0. The molecule has 1 fully saturated rings. The largest absolute Gasteiger partial charge is 0.379 e. The maximum absolute atomic E-state index is 10.6. The summed E-state index contributed by atoms with van der Waals surface area (Å²) < 4.78 is 5.49. The highest BCUT2D eigenvalue weighted by Crippen LogP contribution is 2.20. The quantitative estimate of drug-likeness (QED) is 0.690. The lowest BCUT2D eigenvalue weighted by atomic mass is 9.93. The molecule has 0 radical (unpaired) electrons. The van der Waals surface area contributed by atoms with E-state index in [1.165, 1.54) is 0 Å². The fraction of sp³-hybridized carbons (Fsp3) is 0.889. The summed E-state index contributed by atoms with van der Waals surface area (Å²) >= 11 is 0. The van der Waals surface area contributed by atoms with E-state index in [1.54, 1.807) is 0 Å². The molecule has 3 N–H and O–H groups in total. The van der Waals surface area contributed by atoms with E-state index in [1.807, 2.05) is 6.92 Å². The van der Waals surface area contributed by atoms with Crippen molar-refractivity contribution in [3.05, 3.63) is 0 Å². The van der Waals surface area contributed by atoms with Crippen molar-refractivity contribution in [3.63, 3.8) is 0 Å². The fourth-order valence-corrected chi connectivity index (χ4v) is 1.81. The molecule has 1 saturated carbocycles. The Morgan fingerprint density at radius 1 is 1.46 bits per heavy atom. The van der Waals surface area contributed by atoms with E-state index in [9.17, 15) is 4.79 Å². The Labute approximate surface area is 78.8 Å². The molecule has 0 aromatic carbocycles. The van der Waals surface area contributed by atoms with Crippen LogP contribution in [0.15, 0.2) is 0 Å². The van der Waals surface area contributed by atoms with Gasteiger partial charge in [0.25, 0.3) is 0 Å². The lowest BCUT2D eigenvalue weighted by molar-refractivity contribution is 0.0313. The van der Waals surface area contributed by atoms with E-state index in [2.05, 4.69) is 5.32 Å². The van der Waals surface area contributed by atoms with Crippen LogP contribution in [0.5, 0.6) is 0 Å². The predicted octanol–water partition coefficient (Wildman–Crippen LogP) is 1.00. The van der Waals surface area contributed by atoms with Gasteiger partial charge in [0.2, 0.25) is 0 Å². The maximum atomic E-state index is 10.6. The summed E-state index contributed by atoms with van der Waals surface area (Å²) in [5.41, 5.74) is 5.04.